The van der Waals surface area contributed by atoms with Gasteiger partial charge in [0.2, 0.25) is 11.8 Å². The van der Waals surface area contributed by atoms with Crippen molar-refractivity contribution in [2.45, 2.75) is 25.0 Å². The molecule has 11 heteroatoms. The topological polar surface area (TPSA) is 115 Å². The standard InChI is InChI=1S/C15H24N4O6S/c1-23-6-3-13-16-14(25-17-13)7-18-4-5-19(15(20)8-24-2)12-10-26(21,22)9-11(12)18/h11-12H,3-10H2,1-2H3/t11-,12+/m0/s1. The molecule has 0 saturated carbocycles. The van der Waals surface area contributed by atoms with Crippen molar-refractivity contribution in [1.82, 2.24) is 19.9 Å². The quantitative estimate of drug-likeness (QED) is 0.563. The molecule has 0 spiro atoms. The average Bonchev–Trinajstić information content (AvgIpc) is 3.16. The Hall–Kier alpha value is -1.56. The van der Waals surface area contributed by atoms with Crippen LogP contribution in [0.3, 0.4) is 0 Å². The van der Waals surface area contributed by atoms with E-state index in [0.717, 1.165) is 0 Å². The van der Waals surface area contributed by atoms with Gasteiger partial charge in [-0.1, -0.05) is 5.16 Å². The van der Waals surface area contributed by atoms with E-state index in [1.165, 1.54) is 7.11 Å². The number of fused-ring (bicyclic) bond motifs is 1. The number of sulfone groups is 1. The SMILES string of the molecule is COCCc1noc(CN2CCN(C(=O)COC)[C@@H]3CS(=O)(=O)C[C@@H]32)n1. The first kappa shape index (κ1) is 19.2. The van der Waals surface area contributed by atoms with E-state index < -0.39 is 9.84 Å². The normalized spacial score (nSPS) is 25.4. The van der Waals surface area contributed by atoms with Crippen LogP contribution in [-0.2, 0) is 37.1 Å². The second kappa shape index (κ2) is 7.99. The molecule has 146 valence electrons. The molecular weight excluding hydrogens is 364 g/mol. The molecule has 0 bridgehead atoms. The van der Waals surface area contributed by atoms with Crippen LogP contribution in [0.15, 0.2) is 4.52 Å². The second-order valence-corrected chi connectivity index (χ2v) is 8.70. The highest BCUT2D eigenvalue weighted by molar-refractivity contribution is 7.91. The van der Waals surface area contributed by atoms with Gasteiger partial charge in [0.05, 0.1) is 30.7 Å². The summed E-state index contributed by atoms with van der Waals surface area (Å²) in [5.41, 5.74) is 0. The minimum atomic E-state index is -3.20. The maximum Gasteiger partial charge on any atom is 0.248 e. The number of rotatable bonds is 7. The molecule has 2 saturated heterocycles. The Kier molecular flexibility index (Phi) is 5.90. The zero-order chi connectivity index (χ0) is 18.7. The largest absolute Gasteiger partial charge is 0.384 e. The lowest BCUT2D eigenvalue weighted by molar-refractivity contribution is -0.141. The van der Waals surface area contributed by atoms with Gasteiger partial charge in [-0.2, -0.15) is 4.98 Å². The lowest BCUT2D eigenvalue weighted by Crippen LogP contribution is -2.60. The number of piperazine rings is 1. The van der Waals surface area contributed by atoms with E-state index in [4.69, 9.17) is 14.0 Å². The molecule has 2 fully saturated rings. The van der Waals surface area contributed by atoms with Gasteiger partial charge in [-0.15, -0.1) is 0 Å². The molecule has 0 N–H and O–H groups in total. The van der Waals surface area contributed by atoms with Gasteiger partial charge >= 0.3 is 0 Å². The summed E-state index contributed by atoms with van der Waals surface area (Å²) in [4.78, 5) is 20.2. The Balaban J connectivity index is 1.71. The van der Waals surface area contributed by atoms with Gasteiger partial charge in [0.1, 0.15) is 6.61 Å². The predicted molar refractivity (Wildman–Crippen MR) is 90.1 cm³/mol. The van der Waals surface area contributed by atoms with Gasteiger partial charge < -0.3 is 18.9 Å². The Morgan fingerprint density at radius 2 is 2.00 bits per heavy atom. The molecule has 0 unspecified atom stereocenters. The summed E-state index contributed by atoms with van der Waals surface area (Å²) in [5.74, 6) is 0.826. The molecular formula is C15H24N4O6S. The molecule has 10 nitrogen and oxygen atoms in total. The molecule has 1 amide bonds. The summed E-state index contributed by atoms with van der Waals surface area (Å²) in [7, 11) is -0.146. The molecule has 1 aromatic heterocycles. The third-order valence-corrected chi connectivity index (χ3v) is 6.46. The second-order valence-electron chi connectivity index (χ2n) is 6.55. The fraction of sp³-hybridized carbons (Fsp3) is 0.800. The van der Waals surface area contributed by atoms with Gasteiger partial charge in [-0.05, 0) is 0 Å². The minimum absolute atomic E-state index is 0.0213. The van der Waals surface area contributed by atoms with Crippen molar-refractivity contribution in [3.63, 3.8) is 0 Å². The van der Waals surface area contributed by atoms with Crippen LogP contribution in [0.2, 0.25) is 0 Å². The zero-order valence-corrected chi connectivity index (χ0v) is 15.8. The highest BCUT2D eigenvalue weighted by Gasteiger charge is 2.48. The average molecular weight is 388 g/mol. The first-order chi connectivity index (χ1) is 12.4. The lowest BCUT2D eigenvalue weighted by Gasteiger charge is -2.43. The molecule has 1 aromatic rings. The van der Waals surface area contributed by atoms with Gasteiger partial charge in [0.15, 0.2) is 15.7 Å². The number of hydrogen-bond acceptors (Lipinski definition) is 9. The molecule has 2 atom stereocenters. The Morgan fingerprint density at radius 1 is 1.23 bits per heavy atom. The number of methoxy groups -OCH3 is 2. The smallest absolute Gasteiger partial charge is 0.248 e. The first-order valence-electron chi connectivity index (χ1n) is 8.47. The maximum atomic E-state index is 12.3. The monoisotopic (exact) mass is 388 g/mol. The number of aromatic nitrogens is 2. The van der Waals surface area contributed by atoms with Crippen LogP contribution in [0.25, 0.3) is 0 Å². The number of carbonyl (C=O) groups is 1. The van der Waals surface area contributed by atoms with E-state index in [-0.39, 0.29) is 36.1 Å². The third kappa shape index (κ3) is 4.22. The van der Waals surface area contributed by atoms with Crippen molar-refractivity contribution < 1.29 is 27.2 Å². The summed E-state index contributed by atoms with van der Waals surface area (Å²) in [6.45, 7) is 1.81. The fourth-order valence-electron chi connectivity index (χ4n) is 3.56. The highest BCUT2D eigenvalue weighted by Crippen LogP contribution is 2.28. The van der Waals surface area contributed by atoms with Crippen LogP contribution in [-0.4, -0.2) is 98.4 Å². The van der Waals surface area contributed by atoms with Gasteiger partial charge in [0, 0.05) is 39.8 Å². The number of nitrogens with zero attached hydrogens (tertiary/aromatic N) is 4. The summed E-state index contributed by atoms with van der Waals surface area (Å²) in [6, 6.07) is -0.642. The van der Waals surface area contributed by atoms with Gasteiger partial charge in [-0.25, -0.2) is 8.42 Å². The highest BCUT2D eigenvalue weighted by atomic mass is 32.2. The fourth-order valence-corrected chi connectivity index (χ4v) is 5.57. The number of ether oxygens (including phenoxy) is 2. The van der Waals surface area contributed by atoms with Crippen molar-refractivity contribution in [1.29, 1.82) is 0 Å². The lowest BCUT2D eigenvalue weighted by atomic mass is 10.0. The Morgan fingerprint density at radius 3 is 2.73 bits per heavy atom. The number of hydrogen-bond donors (Lipinski definition) is 0. The summed E-state index contributed by atoms with van der Waals surface area (Å²) >= 11 is 0. The van der Waals surface area contributed by atoms with Crippen molar-refractivity contribution in [2.24, 2.45) is 0 Å². The van der Waals surface area contributed by atoms with E-state index in [1.54, 1.807) is 12.0 Å². The first-order valence-corrected chi connectivity index (χ1v) is 10.3. The van der Waals surface area contributed by atoms with E-state index in [1.807, 2.05) is 4.90 Å². The van der Waals surface area contributed by atoms with Crippen LogP contribution in [0.4, 0.5) is 0 Å². The Labute approximate surface area is 152 Å². The third-order valence-electron chi connectivity index (χ3n) is 4.76. The van der Waals surface area contributed by atoms with Gasteiger partial charge in [0.25, 0.3) is 0 Å². The number of carbonyl (C=O) groups excluding carboxylic acids is 1. The molecule has 0 aliphatic carbocycles. The van der Waals surface area contributed by atoms with Crippen molar-refractivity contribution in [2.75, 3.05) is 52.0 Å². The van der Waals surface area contributed by atoms with Crippen LogP contribution in [0, 0.1) is 0 Å². The van der Waals surface area contributed by atoms with E-state index in [9.17, 15) is 13.2 Å². The van der Waals surface area contributed by atoms with Crippen LogP contribution < -0.4 is 0 Å². The van der Waals surface area contributed by atoms with Gasteiger partial charge in [-0.3, -0.25) is 9.69 Å². The summed E-state index contributed by atoms with van der Waals surface area (Å²) in [6.07, 6.45) is 0.555. The Bertz CT molecular complexity index is 736. The molecule has 2 aliphatic rings. The van der Waals surface area contributed by atoms with Crippen LogP contribution >= 0.6 is 0 Å². The molecule has 2 aliphatic heterocycles. The molecule has 3 rings (SSSR count). The number of amides is 1. The summed E-state index contributed by atoms with van der Waals surface area (Å²) < 4.78 is 39.5. The predicted octanol–water partition coefficient (Wildman–Crippen LogP) is -1.29. The van der Waals surface area contributed by atoms with E-state index in [0.29, 0.717) is 44.4 Å². The molecule has 26 heavy (non-hydrogen) atoms. The molecule has 0 radical (unpaired) electrons. The van der Waals surface area contributed by atoms with E-state index >= 15 is 0 Å². The minimum Gasteiger partial charge on any atom is -0.384 e. The van der Waals surface area contributed by atoms with Crippen LogP contribution in [0.5, 0.6) is 0 Å². The van der Waals surface area contributed by atoms with Crippen molar-refractivity contribution >= 4 is 15.7 Å². The van der Waals surface area contributed by atoms with Crippen molar-refractivity contribution in [3.05, 3.63) is 11.7 Å². The van der Waals surface area contributed by atoms with Crippen LogP contribution in [0.1, 0.15) is 11.7 Å². The maximum absolute atomic E-state index is 12.3. The molecule has 3 heterocycles. The van der Waals surface area contributed by atoms with E-state index in [2.05, 4.69) is 10.1 Å². The zero-order valence-electron chi connectivity index (χ0n) is 15.0. The van der Waals surface area contributed by atoms with Crippen molar-refractivity contribution in [3.8, 4) is 0 Å². The summed E-state index contributed by atoms with van der Waals surface area (Å²) in [5, 5.41) is 3.91. The molecule has 0 aromatic carbocycles.